The third kappa shape index (κ3) is 4.27. The maximum atomic E-state index is 11.8. The van der Waals surface area contributed by atoms with Crippen molar-refractivity contribution < 1.29 is 4.79 Å². The molecule has 2 aliphatic carbocycles. The van der Waals surface area contributed by atoms with Crippen molar-refractivity contribution >= 4 is 5.91 Å². The lowest BCUT2D eigenvalue weighted by Crippen LogP contribution is -2.43. The van der Waals surface area contributed by atoms with Crippen LogP contribution in [0.4, 0.5) is 0 Å². The first-order valence-electron chi connectivity index (χ1n) is 7.68. The van der Waals surface area contributed by atoms with E-state index in [2.05, 4.69) is 17.6 Å². The maximum absolute atomic E-state index is 11.8. The molecule has 0 aliphatic heterocycles. The van der Waals surface area contributed by atoms with E-state index in [-0.39, 0.29) is 5.91 Å². The molecule has 2 rings (SSSR count). The van der Waals surface area contributed by atoms with Crippen molar-refractivity contribution in [3.05, 3.63) is 0 Å². The van der Waals surface area contributed by atoms with Crippen molar-refractivity contribution in [2.24, 2.45) is 5.41 Å². The van der Waals surface area contributed by atoms with Gasteiger partial charge in [-0.2, -0.15) is 0 Å². The average molecular weight is 252 g/mol. The van der Waals surface area contributed by atoms with E-state index in [4.69, 9.17) is 0 Å². The Hall–Kier alpha value is -0.570. The van der Waals surface area contributed by atoms with Gasteiger partial charge in [-0.3, -0.25) is 4.79 Å². The van der Waals surface area contributed by atoms with E-state index in [1.165, 1.54) is 57.8 Å². The minimum absolute atomic E-state index is 0.184. The van der Waals surface area contributed by atoms with Crippen LogP contribution in [0.5, 0.6) is 0 Å². The van der Waals surface area contributed by atoms with Crippen LogP contribution in [-0.4, -0.2) is 25.0 Å². The quantitative estimate of drug-likeness (QED) is 0.789. The fraction of sp³-hybridized carbons (Fsp3) is 0.933. The van der Waals surface area contributed by atoms with Gasteiger partial charge in [-0.1, -0.05) is 39.0 Å². The van der Waals surface area contributed by atoms with Crippen LogP contribution in [0.25, 0.3) is 0 Å². The van der Waals surface area contributed by atoms with Crippen LogP contribution in [-0.2, 0) is 4.79 Å². The molecule has 0 radical (unpaired) electrons. The number of hydrogen-bond acceptors (Lipinski definition) is 2. The van der Waals surface area contributed by atoms with E-state index >= 15 is 0 Å². The molecule has 3 heteroatoms. The Balaban J connectivity index is 1.59. The molecule has 2 aliphatic rings. The Morgan fingerprint density at radius 2 is 1.78 bits per heavy atom. The first kappa shape index (κ1) is 13.9. The molecule has 0 unspecified atom stereocenters. The van der Waals surface area contributed by atoms with Gasteiger partial charge in [0, 0.05) is 12.6 Å². The molecular formula is C15H28N2O. The molecule has 18 heavy (non-hydrogen) atoms. The van der Waals surface area contributed by atoms with Gasteiger partial charge < -0.3 is 10.6 Å². The number of nitrogens with one attached hydrogen (secondary N) is 2. The molecule has 2 saturated carbocycles. The summed E-state index contributed by atoms with van der Waals surface area (Å²) in [5.41, 5.74) is 0.436. The highest BCUT2D eigenvalue weighted by atomic mass is 16.1. The Bertz CT molecular complexity index is 266. The van der Waals surface area contributed by atoms with Crippen LogP contribution >= 0.6 is 0 Å². The lowest BCUT2D eigenvalue weighted by molar-refractivity contribution is -0.121. The van der Waals surface area contributed by atoms with Crippen molar-refractivity contribution in [2.75, 3.05) is 13.1 Å². The molecule has 104 valence electrons. The summed E-state index contributed by atoms with van der Waals surface area (Å²) in [5, 5.41) is 6.50. The highest BCUT2D eigenvalue weighted by Gasteiger charge is 2.28. The van der Waals surface area contributed by atoms with Gasteiger partial charge in [-0.05, 0) is 31.1 Å². The zero-order chi connectivity index (χ0) is 12.8. The molecule has 0 heterocycles. The van der Waals surface area contributed by atoms with Gasteiger partial charge in [-0.15, -0.1) is 0 Å². The molecule has 2 N–H and O–H groups in total. The Kier molecular flexibility index (Phi) is 5.04. The fourth-order valence-corrected chi connectivity index (χ4v) is 3.41. The number of rotatable bonds is 5. The van der Waals surface area contributed by atoms with E-state index in [1.807, 2.05) is 0 Å². The topological polar surface area (TPSA) is 41.1 Å². The van der Waals surface area contributed by atoms with E-state index in [0.717, 1.165) is 6.54 Å². The summed E-state index contributed by atoms with van der Waals surface area (Å²) in [7, 11) is 0. The van der Waals surface area contributed by atoms with Crippen molar-refractivity contribution in [1.82, 2.24) is 10.6 Å². The first-order valence-corrected chi connectivity index (χ1v) is 7.68. The Morgan fingerprint density at radius 1 is 1.11 bits per heavy atom. The van der Waals surface area contributed by atoms with Crippen LogP contribution in [0.3, 0.4) is 0 Å². The van der Waals surface area contributed by atoms with Crippen LogP contribution in [0.2, 0.25) is 0 Å². The lowest BCUT2D eigenvalue weighted by Gasteiger charge is -2.25. The predicted octanol–water partition coefficient (Wildman–Crippen LogP) is 2.61. The summed E-state index contributed by atoms with van der Waals surface area (Å²) >= 11 is 0. The Labute approximate surface area is 111 Å². The molecule has 0 saturated heterocycles. The first-order chi connectivity index (χ1) is 8.68. The van der Waals surface area contributed by atoms with Crippen LogP contribution < -0.4 is 10.6 Å². The molecule has 1 amide bonds. The molecule has 0 atom stereocenters. The standard InChI is InChI=1S/C15H28N2O/c1-15(9-5-6-10-15)12-16-11-14(18)17-13-7-3-2-4-8-13/h13,16H,2-12H2,1H3,(H,17,18). The smallest absolute Gasteiger partial charge is 0.234 e. The average Bonchev–Trinajstić information content (AvgIpc) is 2.77. The zero-order valence-electron chi connectivity index (χ0n) is 11.8. The van der Waals surface area contributed by atoms with E-state index in [9.17, 15) is 4.79 Å². The number of amides is 1. The maximum Gasteiger partial charge on any atom is 0.234 e. The van der Waals surface area contributed by atoms with Crippen molar-refractivity contribution in [1.29, 1.82) is 0 Å². The van der Waals surface area contributed by atoms with Gasteiger partial charge in [0.25, 0.3) is 0 Å². The second kappa shape index (κ2) is 6.55. The van der Waals surface area contributed by atoms with Crippen LogP contribution in [0.1, 0.15) is 64.7 Å². The monoisotopic (exact) mass is 252 g/mol. The summed E-state index contributed by atoms with van der Waals surface area (Å²) in [6.45, 7) is 3.82. The number of hydrogen-bond donors (Lipinski definition) is 2. The lowest BCUT2D eigenvalue weighted by atomic mass is 9.89. The molecule has 3 nitrogen and oxygen atoms in total. The second-order valence-corrected chi connectivity index (χ2v) is 6.52. The second-order valence-electron chi connectivity index (χ2n) is 6.52. The fourth-order valence-electron chi connectivity index (χ4n) is 3.41. The minimum atomic E-state index is 0.184. The third-order valence-corrected chi connectivity index (χ3v) is 4.62. The summed E-state index contributed by atoms with van der Waals surface area (Å²) in [6, 6.07) is 0.440. The third-order valence-electron chi connectivity index (χ3n) is 4.62. The van der Waals surface area contributed by atoms with E-state index in [1.54, 1.807) is 0 Å². The molecule has 2 fully saturated rings. The highest BCUT2D eigenvalue weighted by molar-refractivity contribution is 5.78. The summed E-state index contributed by atoms with van der Waals surface area (Å²) in [5.74, 6) is 0.184. The molecule has 0 aromatic heterocycles. The molecule has 0 aromatic carbocycles. The molecule has 0 spiro atoms. The largest absolute Gasteiger partial charge is 0.352 e. The summed E-state index contributed by atoms with van der Waals surface area (Å²) in [6.07, 6.45) is 11.6. The number of carbonyl (C=O) groups excluding carboxylic acids is 1. The van der Waals surface area contributed by atoms with Gasteiger partial charge in [0.1, 0.15) is 0 Å². The van der Waals surface area contributed by atoms with Gasteiger partial charge in [0.2, 0.25) is 5.91 Å². The summed E-state index contributed by atoms with van der Waals surface area (Å²) in [4.78, 5) is 11.8. The predicted molar refractivity (Wildman–Crippen MR) is 74.5 cm³/mol. The normalized spacial score (nSPS) is 24.1. The van der Waals surface area contributed by atoms with E-state index < -0.39 is 0 Å². The number of carbonyl (C=O) groups is 1. The van der Waals surface area contributed by atoms with Gasteiger partial charge in [0.05, 0.1) is 6.54 Å². The van der Waals surface area contributed by atoms with Crippen molar-refractivity contribution in [3.63, 3.8) is 0 Å². The molecule has 0 bridgehead atoms. The van der Waals surface area contributed by atoms with Crippen LogP contribution in [0, 0.1) is 5.41 Å². The van der Waals surface area contributed by atoms with Gasteiger partial charge in [0.15, 0.2) is 0 Å². The van der Waals surface area contributed by atoms with Crippen LogP contribution in [0.15, 0.2) is 0 Å². The minimum Gasteiger partial charge on any atom is -0.352 e. The highest BCUT2D eigenvalue weighted by Crippen LogP contribution is 2.36. The molecular weight excluding hydrogens is 224 g/mol. The SMILES string of the molecule is CC1(CNCC(=O)NC2CCCCC2)CCCC1. The van der Waals surface area contributed by atoms with Crippen molar-refractivity contribution in [2.45, 2.75) is 70.8 Å². The Morgan fingerprint density at radius 3 is 2.44 bits per heavy atom. The summed E-state index contributed by atoms with van der Waals surface area (Å²) < 4.78 is 0. The zero-order valence-corrected chi connectivity index (χ0v) is 11.8. The van der Waals surface area contributed by atoms with Gasteiger partial charge >= 0.3 is 0 Å². The molecule has 0 aromatic rings. The van der Waals surface area contributed by atoms with Crippen molar-refractivity contribution in [3.8, 4) is 0 Å². The van der Waals surface area contributed by atoms with E-state index in [0.29, 0.717) is 18.0 Å². The van der Waals surface area contributed by atoms with Gasteiger partial charge in [-0.25, -0.2) is 0 Å².